The molecule has 2 aliphatic heterocycles. The van der Waals surface area contributed by atoms with Gasteiger partial charge in [-0.25, -0.2) is 9.98 Å². The van der Waals surface area contributed by atoms with Crippen LogP contribution in [0, 0.1) is 6.92 Å². The third-order valence-electron chi connectivity index (χ3n) is 9.25. The maximum atomic E-state index is 14.0. The summed E-state index contributed by atoms with van der Waals surface area (Å²) >= 11 is 5.62. The number of nitrogens with zero attached hydrogens (tertiary/aromatic N) is 6. The third kappa shape index (κ3) is 10.7. The van der Waals surface area contributed by atoms with Crippen LogP contribution < -0.4 is 10.1 Å². The van der Waals surface area contributed by atoms with E-state index in [2.05, 4.69) is 31.9 Å². The summed E-state index contributed by atoms with van der Waals surface area (Å²) in [5.41, 5.74) is 3.03. The molecule has 12 nitrogen and oxygen atoms in total. The number of alkyl halides is 3. The number of fused-ring (bicyclic) bond motifs is 1. The summed E-state index contributed by atoms with van der Waals surface area (Å²) < 4.78 is 57.3. The number of carbonyl (C=O) groups is 3. The minimum Gasteiger partial charge on any atom is -0.493 e. The van der Waals surface area contributed by atoms with E-state index < -0.39 is 17.6 Å². The van der Waals surface area contributed by atoms with E-state index in [9.17, 15) is 32.1 Å². The molecule has 2 aromatic carbocycles. The fraction of sp³-hybridized carbons (Fsp3) is 0.400. The van der Waals surface area contributed by atoms with E-state index in [0.717, 1.165) is 53.5 Å². The summed E-state index contributed by atoms with van der Waals surface area (Å²) in [6.07, 6.45) is -0.575. The Morgan fingerprint density at radius 2 is 1.72 bits per heavy atom. The van der Waals surface area contributed by atoms with Crippen molar-refractivity contribution in [1.82, 2.24) is 24.6 Å². The highest BCUT2D eigenvalue weighted by Gasteiger charge is 2.33. The van der Waals surface area contributed by atoms with Gasteiger partial charge >= 0.3 is 6.18 Å². The number of aromatic nitrogens is 3. The Morgan fingerprint density at radius 1 is 1.04 bits per heavy atom. The molecule has 3 heterocycles. The van der Waals surface area contributed by atoms with Crippen LogP contribution in [-0.4, -0.2) is 80.8 Å². The van der Waals surface area contributed by atoms with Crippen LogP contribution in [0.3, 0.4) is 0 Å². The molecule has 1 N–H and O–H groups in total. The molecule has 0 aliphatic carbocycles. The number of anilines is 1. The molecule has 0 bridgehead atoms. The molecule has 3 aromatic rings. The lowest BCUT2D eigenvalue weighted by atomic mass is 9.99. The first-order chi connectivity index (χ1) is 27.1. The van der Waals surface area contributed by atoms with Crippen LogP contribution in [0.1, 0.15) is 75.6 Å². The van der Waals surface area contributed by atoms with Crippen molar-refractivity contribution in [3.8, 4) is 17.1 Å². The number of carbonyl (C=O) groups excluding carboxylic acids is 3. The summed E-state index contributed by atoms with van der Waals surface area (Å²) in [6, 6.07) is 8.61. The van der Waals surface area contributed by atoms with Crippen molar-refractivity contribution in [3.05, 3.63) is 93.8 Å². The number of halogens is 5. The van der Waals surface area contributed by atoms with Gasteiger partial charge in [0.2, 0.25) is 11.7 Å². The summed E-state index contributed by atoms with van der Waals surface area (Å²) in [4.78, 5) is 54.4. The molecule has 0 unspecified atom stereocenters. The second-order valence-electron chi connectivity index (χ2n) is 13.4. The molecular formula is C40H46ClF4N7O5. The highest BCUT2D eigenvalue weighted by molar-refractivity contribution is 6.44. The van der Waals surface area contributed by atoms with Crippen molar-refractivity contribution in [2.24, 2.45) is 4.99 Å². The zero-order valence-electron chi connectivity index (χ0n) is 32.7. The Balaban J connectivity index is 0.000000377. The molecule has 57 heavy (non-hydrogen) atoms. The van der Waals surface area contributed by atoms with Crippen LogP contribution in [0.15, 0.2) is 76.8 Å². The zero-order chi connectivity index (χ0) is 42.0. The maximum absolute atomic E-state index is 14.0. The fourth-order valence-electron chi connectivity index (χ4n) is 6.12. The van der Waals surface area contributed by atoms with Gasteiger partial charge in [0, 0.05) is 54.5 Å². The first-order valence-corrected chi connectivity index (χ1v) is 18.7. The standard InChI is InChI=1S/C30H37FN6O4.C10H9ClF3NO/c1-7-20(5)26(35-14-16-36(17-15-35)29(38)25(32-8-2)27(41-31)19(3)4)30(39)37-21(6)33-28(34-37)23-11-9-13-24-22(23)12-10-18-40-24;1-2-9(16)15-8-4-3-6(5-7(8)11)10(12,13)14/h8-9,11,13H,2,7,10,12,14-18H2,1,3-6H3;3-5H,2H2,1H3,(H,15,16)/b26-20-,32-25?;. The van der Waals surface area contributed by atoms with E-state index in [-0.39, 0.29) is 40.4 Å². The molecule has 5 rings (SSSR count). The second-order valence-corrected chi connectivity index (χ2v) is 13.8. The Morgan fingerprint density at radius 3 is 2.30 bits per heavy atom. The number of aryl methyl sites for hydroxylation is 1. The van der Waals surface area contributed by atoms with E-state index in [4.69, 9.17) is 16.3 Å². The number of allylic oxidation sites excluding steroid dienone is 3. The largest absolute Gasteiger partial charge is 0.493 e. The van der Waals surface area contributed by atoms with Gasteiger partial charge in [-0.05, 0) is 82.4 Å². The number of aliphatic imine (C=N–C) groups is 1. The van der Waals surface area contributed by atoms with E-state index in [1.54, 1.807) is 32.6 Å². The minimum absolute atomic E-state index is 0.128. The van der Waals surface area contributed by atoms with Crippen molar-refractivity contribution in [2.45, 2.75) is 73.4 Å². The lowest BCUT2D eigenvalue weighted by Crippen LogP contribution is -2.51. The van der Waals surface area contributed by atoms with Gasteiger partial charge in [0.25, 0.3) is 11.8 Å². The SMILES string of the molecule is C=CN=C(C(=O)N1CCN(/C(C(=O)n2nc(-c3cccc4c3CCCO4)nc2C)=C(/C)CC)CC1)C(OF)=C(C)C.CCC(=O)Nc1ccc(C(F)(F)F)cc1Cl. The number of amides is 2. The van der Waals surface area contributed by atoms with E-state index in [0.29, 0.717) is 62.1 Å². The van der Waals surface area contributed by atoms with Gasteiger partial charge in [0.05, 0.1) is 22.9 Å². The van der Waals surface area contributed by atoms with Gasteiger partial charge in [0.15, 0.2) is 11.5 Å². The average molecular weight is 816 g/mol. The van der Waals surface area contributed by atoms with Gasteiger partial charge in [-0.2, -0.15) is 17.9 Å². The Labute approximate surface area is 333 Å². The number of nitrogens with one attached hydrogen (secondary N) is 1. The topological polar surface area (TPSA) is 131 Å². The number of ether oxygens (including phenoxy) is 1. The molecule has 306 valence electrons. The number of hydrogen-bond donors (Lipinski definition) is 1. The Hall–Kier alpha value is -5.51. The number of piperazine rings is 1. The van der Waals surface area contributed by atoms with Crippen LogP contribution in [0.25, 0.3) is 11.4 Å². The van der Waals surface area contributed by atoms with E-state index in [1.165, 1.54) is 10.9 Å². The normalized spacial score (nSPS) is 14.6. The van der Waals surface area contributed by atoms with Crippen molar-refractivity contribution in [3.63, 3.8) is 0 Å². The van der Waals surface area contributed by atoms with Crippen LogP contribution in [0.5, 0.6) is 5.75 Å². The molecule has 0 spiro atoms. The van der Waals surface area contributed by atoms with Crippen LogP contribution in [0.4, 0.5) is 23.4 Å². The van der Waals surface area contributed by atoms with Crippen LogP contribution >= 0.6 is 11.6 Å². The second kappa shape index (κ2) is 19.6. The minimum atomic E-state index is -4.43. The molecule has 0 radical (unpaired) electrons. The summed E-state index contributed by atoms with van der Waals surface area (Å²) in [6.45, 7) is 16.2. The molecule has 2 aliphatic rings. The number of rotatable bonds is 10. The molecule has 1 saturated heterocycles. The van der Waals surface area contributed by atoms with Crippen molar-refractivity contribution in [1.29, 1.82) is 0 Å². The summed E-state index contributed by atoms with van der Waals surface area (Å²) in [5, 5.41) is 6.92. The molecule has 1 fully saturated rings. The highest BCUT2D eigenvalue weighted by atomic mass is 35.5. The lowest BCUT2D eigenvalue weighted by molar-refractivity contribution is -0.137. The van der Waals surface area contributed by atoms with Gasteiger partial charge < -0.3 is 19.9 Å². The zero-order valence-corrected chi connectivity index (χ0v) is 33.5. The van der Waals surface area contributed by atoms with Crippen molar-refractivity contribution >= 4 is 40.7 Å². The molecular weight excluding hydrogens is 770 g/mol. The molecule has 2 amide bonds. The molecule has 1 aromatic heterocycles. The quantitative estimate of drug-likeness (QED) is 0.0933. The summed E-state index contributed by atoms with van der Waals surface area (Å²) in [7, 11) is 0. The number of benzene rings is 2. The lowest BCUT2D eigenvalue weighted by Gasteiger charge is -2.37. The smallest absolute Gasteiger partial charge is 0.416 e. The Kier molecular flexibility index (Phi) is 15.2. The number of hydrogen-bond acceptors (Lipinski definition) is 9. The predicted octanol–water partition coefficient (Wildman–Crippen LogP) is 8.53. The monoisotopic (exact) mass is 815 g/mol. The average Bonchev–Trinajstić information content (AvgIpc) is 3.59. The first kappa shape index (κ1) is 44.2. The molecule has 17 heteroatoms. The van der Waals surface area contributed by atoms with E-state index >= 15 is 0 Å². The summed E-state index contributed by atoms with van der Waals surface area (Å²) in [5.74, 6) is 0.546. The van der Waals surface area contributed by atoms with Crippen molar-refractivity contribution < 1.29 is 41.8 Å². The van der Waals surface area contributed by atoms with Gasteiger partial charge in [0.1, 0.15) is 17.3 Å². The third-order valence-corrected chi connectivity index (χ3v) is 9.56. The van der Waals surface area contributed by atoms with E-state index in [1.807, 2.05) is 36.9 Å². The van der Waals surface area contributed by atoms with Gasteiger partial charge in [-0.15, -0.1) is 5.10 Å². The van der Waals surface area contributed by atoms with Gasteiger partial charge in [-0.3, -0.25) is 19.3 Å². The van der Waals surface area contributed by atoms with Crippen LogP contribution in [0.2, 0.25) is 5.02 Å². The van der Waals surface area contributed by atoms with Gasteiger partial charge in [-0.1, -0.05) is 44.2 Å². The molecule has 0 saturated carbocycles. The first-order valence-electron chi connectivity index (χ1n) is 18.3. The maximum Gasteiger partial charge on any atom is 0.416 e. The Bertz CT molecular complexity index is 2080. The van der Waals surface area contributed by atoms with Crippen LogP contribution in [-0.2, 0) is 27.1 Å². The molecule has 0 atom stereocenters. The van der Waals surface area contributed by atoms with Crippen molar-refractivity contribution in [2.75, 3.05) is 38.1 Å². The fourth-order valence-corrected chi connectivity index (χ4v) is 6.35. The highest BCUT2D eigenvalue weighted by Crippen LogP contribution is 2.35. The predicted molar refractivity (Wildman–Crippen MR) is 209 cm³/mol.